The van der Waals surface area contributed by atoms with Gasteiger partial charge in [-0.1, -0.05) is 0 Å². The highest BCUT2D eigenvalue weighted by Gasteiger charge is 2.32. The van der Waals surface area contributed by atoms with Crippen molar-refractivity contribution in [3.63, 3.8) is 0 Å². The minimum Gasteiger partial charge on any atom is -0.506 e. The number of hydrazone groups is 1. The third-order valence-corrected chi connectivity index (χ3v) is 7.76. The number of phenols is 1. The van der Waals surface area contributed by atoms with Gasteiger partial charge in [0.2, 0.25) is 5.91 Å². The Labute approximate surface area is 159 Å². The third-order valence-electron chi connectivity index (χ3n) is 2.82. The maximum atomic E-state index is 11.9. The van der Waals surface area contributed by atoms with Gasteiger partial charge in [0.25, 0.3) is 0 Å². The molecule has 114 valence electrons. The van der Waals surface area contributed by atoms with Crippen LogP contribution in [-0.4, -0.2) is 32.8 Å². The van der Waals surface area contributed by atoms with E-state index in [1.165, 1.54) is 0 Å². The average Bonchev–Trinajstić information content (AvgIpc) is 2.82. The normalized spacial score (nSPS) is 17.3. The van der Waals surface area contributed by atoms with Crippen LogP contribution in [0.4, 0.5) is 0 Å². The molecule has 1 aliphatic heterocycles. The van der Waals surface area contributed by atoms with Crippen LogP contribution in [0.5, 0.6) is 5.75 Å². The van der Waals surface area contributed by atoms with Crippen LogP contribution in [0, 0.1) is 7.14 Å². The molecule has 21 heavy (non-hydrogen) atoms. The molecule has 1 aliphatic rings. The Kier molecular flexibility index (Phi) is 6.51. The van der Waals surface area contributed by atoms with Gasteiger partial charge in [-0.15, -0.1) is 23.5 Å². The van der Waals surface area contributed by atoms with Crippen LogP contribution in [0.3, 0.4) is 0 Å². The quantitative estimate of drug-likeness (QED) is 0.343. The molecule has 0 atom stereocenters. The number of carbonyl (C=O) groups is 1. The summed E-state index contributed by atoms with van der Waals surface area (Å²) in [5.74, 6) is 2.41. The summed E-state index contributed by atoms with van der Waals surface area (Å²) in [4.78, 5) is 11.9. The number of phenolic OH excluding ortho intramolecular Hbond substituents is 1. The first-order valence-corrected chi connectivity index (χ1v) is 10.3. The summed E-state index contributed by atoms with van der Waals surface area (Å²) in [6.07, 6.45) is 2.06. The smallest absolute Gasteiger partial charge is 0.242 e. The molecule has 1 aromatic carbocycles. The molecular weight excluding hydrogens is 534 g/mol. The standard InChI is InChI=1S/C13H14I2N2O2S2/c1-13(20-2-3-21-13)6-11(18)17-16-7-8-4-9(14)12(19)10(15)5-8/h4-5,7,19H,2-3,6H2,1H3,(H,17,18)/b16-7+. The average molecular weight is 548 g/mol. The monoisotopic (exact) mass is 548 g/mol. The summed E-state index contributed by atoms with van der Waals surface area (Å²) in [7, 11) is 0. The predicted molar refractivity (Wildman–Crippen MR) is 107 cm³/mol. The van der Waals surface area contributed by atoms with Gasteiger partial charge >= 0.3 is 0 Å². The SMILES string of the molecule is CC1(CC(=O)N/N=C/c2cc(I)c(O)c(I)c2)SCCS1. The highest BCUT2D eigenvalue weighted by Crippen LogP contribution is 2.45. The maximum absolute atomic E-state index is 11.9. The Morgan fingerprint density at radius 3 is 2.57 bits per heavy atom. The van der Waals surface area contributed by atoms with Crippen molar-refractivity contribution in [2.75, 3.05) is 11.5 Å². The lowest BCUT2D eigenvalue weighted by Crippen LogP contribution is -2.26. The van der Waals surface area contributed by atoms with E-state index in [9.17, 15) is 9.90 Å². The molecule has 0 unspecified atom stereocenters. The summed E-state index contributed by atoms with van der Waals surface area (Å²) in [6.45, 7) is 2.10. The minimum absolute atomic E-state index is 0.0249. The fourth-order valence-corrected chi connectivity index (χ4v) is 6.47. The van der Waals surface area contributed by atoms with Crippen molar-refractivity contribution in [1.29, 1.82) is 0 Å². The summed E-state index contributed by atoms with van der Waals surface area (Å²) in [5, 5.41) is 13.7. The van der Waals surface area contributed by atoms with E-state index in [0.29, 0.717) is 6.42 Å². The Hall–Kier alpha value is 0.320. The fourth-order valence-electron chi connectivity index (χ4n) is 1.83. The number of nitrogens with zero attached hydrogens (tertiary/aromatic N) is 1. The number of thioether (sulfide) groups is 2. The molecule has 0 aromatic heterocycles. The molecule has 1 fully saturated rings. The van der Waals surface area contributed by atoms with E-state index in [0.717, 1.165) is 24.2 Å². The first-order valence-electron chi connectivity index (χ1n) is 6.17. The van der Waals surface area contributed by atoms with E-state index in [-0.39, 0.29) is 15.7 Å². The zero-order valence-corrected chi connectivity index (χ0v) is 17.2. The van der Waals surface area contributed by atoms with Crippen molar-refractivity contribution in [2.45, 2.75) is 17.4 Å². The van der Waals surface area contributed by atoms with Crippen molar-refractivity contribution in [3.8, 4) is 5.75 Å². The highest BCUT2D eigenvalue weighted by molar-refractivity contribution is 14.1. The van der Waals surface area contributed by atoms with E-state index >= 15 is 0 Å². The zero-order valence-electron chi connectivity index (χ0n) is 11.2. The summed E-state index contributed by atoms with van der Waals surface area (Å²) in [5.41, 5.74) is 3.42. The van der Waals surface area contributed by atoms with Crippen molar-refractivity contribution < 1.29 is 9.90 Å². The van der Waals surface area contributed by atoms with E-state index in [2.05, 4.69) is 62.6 Å². The van der Waals surface area contributed by atoms with Gasteiger partial charge in [0.15, 0.2) is 0 Å². The molecule has 1 amide bonds. The molecule has 4 nitrogen and oxygen atoms in total. The van der Waals surface area contributed by atoms with Crippen LogP contribution in [-0.2, 0) is 4.79 Å². The molecule has 2 N–H and O–H groups in total. The van der Waals surface area contributed by atoms with Crippen molar-refractivity contribution in [2.24, 2.45) is 5.10 Å². The second-order valence-corrected chi connectivity index (χ2v) is 10.4. The van der Waals surface area contributed by atoms with Crippen LogP contribution < -0.4 is 5.43 Å². The van der Waals surface area contributed by atoms with Crippen molar-refractivity contribution >= 4 is 80.8 Å². The number of amides is 1. The molecule has 1 saturated heterocycles. The number of hydrogen-bond donors (Lipinski definition) is 2. The lowest BCUT2D eigenvalue weighted by molar-refractivity contribution is -0.121. The van der Waals surface area contributed by atoms with E-state index in [1.807, 2.05) is 35.7 Å². The second kappa shape index (κ2) is 7.73. The van der Waals surface area contributed by atoms with Crippen LogP contribution >= 0.6 is 68.7 Å². The molecule has 0 saturated carbocycles. The molecule has 0 spiro atoms. The number of benzene rings is 1. The maximum Gasteiger partial charge on any atom is 0.242 e. The lowest BCUT2D eigenvalue weighted by atomic mass is 10.2. The Morgan fingerprint density at radius 1 is 1.43 bits per heavy atom. The van der Waals surface area contributed by atoms with E-state index < -0.39 is 0 Å². The third kappa shape index (κ3) is 5.17. The van der Waals surface area contributed by atoms with Crippen molar-refractivity contribution in [1.82, 2.24) is 5.43 Å². The molecule has 0 aliphatic carbocycles. The van der Waals surface area contributed by atoms with E-state index in [4.69, 9.17) is 0 Å². The first-order chi connectivity index (χ1) is 9.89. The molecule has 0 radical (unpaired) electrons. The Balaban J connectivity index is 1.91. The van der Waals surface area contributed by atoms with Crippen molar-refractivity contribution in [3.05, 3.63) is 24.8 Å². The van der Waals surface area contributed by atoms with Crippen LogP contribution in [0.1, 0.15) is 18.9 Å². The second-order valence-electron chi connectivity index (χ2n) is 4.63. The number of rotatable bonds is 4. The summed E-state index contributed by atoms with van der Waals surface area (Å²) < 4.78 is 1.50. The molecule has 0 bridgehead atoms. The number of nitrogens with one attached hydrogen (secondary N) is 1. The molecule has 2 rings (SSSR count). The van der Waals surface area contributed by atoms with Gasteiger partial charge in [-0.3, -0.25) is 4.79 Å². The number of hydrogen-bond acceptors (Lipinski definition) is 5. The topological polar surface area (TPSA) is 61.7 Å². The van der Waals surface area contributed by atoms with Gasteiger partial charge in [0.05, 0.1) is 23.9 Å². The first kappa shape index (κ1) is 17.7. The van der Waals surface area contributed by atoms with Crippen LogP contribution in [0.2, 0.25) is 0 Å². The molecular formula is C13H14I2N2O2S2. The van der Waals surface area contributed by atoms with Gasteiger partial charge in [-0.2, -0.15) is 5.10 Å². The summed E-state index contributed by atoms with van der Waals surface area (Å²) in [6, 6.07) is 3.63. The number of halogens is 2. The molecule has 1 aromatic rings. The molecule has 1 heterocycles. The predicted octanol–water partition coefficient (Wildman–Crippen LogP) is 3.64. The highest BCUT2D eigenvalue weighted by atomic mass is 127. The van der Waals surface area contributed by atoms with Gasteiger partial charge in [0.1, 0.15) is 5.75 Å². The van der Waals surface area contributed by atoms with Gasteiger partial charge in [-0.25, -0.2) is 5.43 Å². The Morgan fingerprint density at radius 2 is 2.00 bits per heavy atom. The van der Waals surface area contributed by atoms with Gasteiger partial charge in [-0.05, 0) is 69.8 Å². The number of aromatic hydroxyl groups is 1. The van der Waals surface area contributed by atoms with Gasteiger partial charge < -0.3 is 5.11 Å². The molecule has 8 heteroatoms. The minimum atomic E-state index is -0.0705. The lowest BCUT2D eigenvalue weighted by Gasteiger charge is -2.19. The Bertz CT molecular complexity index is 552. The number of carbonyl (C=O) groups excluding carboxylic acids is 1. The fraction of sp³-hybridized carbons (Fsp3) is 0.385. The van der Waals surface area contributed by atoms with Crippen LogP contribution in [0.15, 0.2) is 17.2 Å². The van der Waals surface area contributed by atoms with Crippen LogP contribution in [0.25, 0.3) is 0 Å². The van der Waals surface area contributed by atoms with Gasteiger partial charge in [0, 0.05) is 11.5 Å². The largest absolute Gasteiger partial charge is 0.506 e. The zero-order chi connectivity index (χ0) is 15.5. The summed E-state index contributed by atoms with van der Waals surface area (Å²) >= 11 is 7.79. The van der Waals surface area contributed by atoms with E-state index in [1.54, 1.807) is 6.21 Å².